The van der Waals surface area contributed by atoms with Gasteiger partial charge in [0, 0.05) is 45.2 Å². The molecule has 2 amide bonds. The Morgan fingerprint density at radius 1 is 0.839 bits per heavy atom. The van der Waals surface area contributed by atoms with Crippen LogP contribution in [0.3, 0.4) is 0 Å². The fourth-order valence-corrected chi connectivity index (χ4v) is 3.08. The number of anilines is 1. The van der Waals surface area contributed by atoms with Crippen molar-refractivity contribution in [3.05, 3.63) is 29.8 Å². The number of ether oxygens (including phenoxy) is 1. The van der Waals surface area contributed by atoms with Crippen LogP contribution in [-0.2, 0) is 30.3 Å². The van der Waals surface area contributed by atoms with Crippen LogP contribution in [0.1, 0.15) is 70.3 Å². The summed E-state index contributed by atoms with van der Waals surface area (Å²) in [6.07, 6.45) is 6.19. The molecule has 1 aromatic carbocycles. The third-order valence-electron chi connectivity index (χ3n) is 4.78. The second kappa shape index (κ2) is 16.2. The van der Waals surface area contributed by atoms with Crippen molar-refractivity contribution in [3.63, 3.8) is 0 Å². The van der Waals surface area contributed by atoms with Gasteiger partial charge < -0.3 is 15.4 Å². The van der Waals surface area contributed by atoms with Crippen LogP contribution >= 0.6 is 0 Å². The zero-order valence-electron chi connectivity index (χ0n) is 18.8. The zero-order chi connectivity index (χ0) is 22.9. The van der Waals surface area contributed by atoms with Crippen molar-refractivity contribution in [1.82, 2.24) is 5.32 Å². The molecule has 0 atom stereocenters. The average Bonchev–Trinajstić information content (AvgIpc) is 2.72. The molecule has 0 saturated heterocycles. The van der Waals surface area contributed by atoms with Gasteiger partial charge in [-0.3, -0.25) is 19.2 Å². The van der Waals surface area contributed by atoms with Gasteiger partial charge in [-0.25, -0.2) is 0 Å². The number of aryl methyl sites for hydroxylation is 1. The van der Waals surface area contributed by atoms with Gasteiger partial charge in [0.15, 0.2) is 0 Å². The fraction of sp³-hybridized carbons (Fsp3) is 0.583. The number of carbonyl (C=O) groups is 4. The molecular formula is C24H36N2O5. The van der Waals surface area contributed by atoms with Gasteiger partial charge in [0.2, 0.25) is 11.8 Å². The van der Waals surface area contributed by atoms with E-state index >= 15 is 0 Å². The number of hydrogen-bond acceptors (Lipinski definition) is 5. The Morgan fingerprint density at radius 2 is 1.52 bits per heavy atom. The summed E-state index contributed by atoms with van der Waals surface area (Å²) < 4.78 is 5.00. The van der Waals surface area contributed by atoms with E-state index in [0.717, 1.165) is 37.9 Å². The van der Waals surface area contributed by atoms with E-state index in [0.29, 0.717) is 37.9 Å². The summed E-state index contributed by atoms with van der Waals surface area (Å²) >= 11 is 0. The summed E-state index contributed by atoms with van der Waals surface area (Å²) in [6, 6.07) is 7.31. The first-order valence-electron chi connectivity index (χ1n) is 11.1. The van der Waals surface area contributed by atoms with Gasteiger partial charge in [0.05, 0.1) is 6.42 Å². The van der Waals surface area contributed by atoms with Gasteiger partial charge in [-0.05, 0) is 50.3 Å². The average molecular weight is 433 g/mol. The van der Waals surface area contributed by atoms with Crippen LogP contribution < -0.4 is 10.6 Å². The lowest BCUT2D eigenvalue weighted by atomic mass is 10.0. The zero-order valence-corrected chi connectivity index (χ0v) is 18.8. The van der Waals surface area contributed by atoms with Crippen LogP contribution in [0.25, 0.3) is 0 Å². The predicted octanol–water partition coefficient (Wildman–Crippen LogP) is 3.60. The number of ketones is 2. The number of unbranched alkanes of at least 4 members (excludes halogenated alkanes) is 3. The first kappa shape index (κ1) is 26.5. The molecule has 0 heterocycles. The molecule has 0 fully saturated rings. The number of nitrogens with one attached hydrogen (secondary N) is 2. The molecule has 0 aliphatic rings. The lowest BCUT2D eigenvalue weighted by Gasteiger charge is -2.07. The van der Waals surface area contributed by atoms with Gasteiger partial charge in [-0.2, -0.15) is 0 Å². The minimum Gasteiger partial charge on any atom is -0.385 e. The molecule has 0 spiro atoms. The van der Waals surface area contributed by atoms with E-state index in [1.807, 2.05) is 12.1 Å². The molecule has 0 radical (unpaired) electrons. The molecule has 7 nitrogen and oxygen atoms in total. The first-order chi connectivity index (χ1) is 14.9. The number of amides is 2. The van der Waals surface area contributed by atoms with E-state index < -0.39 is 0 Å². The lowest BCUT2D eigenvalue weighted by Crippen LogP contribution is -2.24. The normalized spacial score (nSPS) is 10.5. The fourth-order valence-electron chi connectivity index (χ4n) is 3.08. The molecule has 1 aromatic rings. The Balaban J connectivity index is 2.15. The lowest BCUT2D eigenvalue weighted by molar-refractivity contribution is -0.126. The van der Waals surface area contributed by atoms with E-state index in [2.05, 4.69) is 10.6 Å². The number of benzene rings is 1. The smallest absolute Gasteiger partial charge is 0.224 e. The highest BCUT2D eigenvalue weighted by molar-refractivity contribution is 5.98. The Labute approximate surface area is 185 Å². The third-order valence-corrected chi connectivity index (χ3v) is 4.78. The summed E-state index contributed by atoms with van der Waals surface area (Å²) in [7, 11) is 1.70. The van der Waals surface area contributed by atoms with Gasteiger partial charge in [-0.15, -0.1) is 0 Å². The summed E-state index contributed by atoms with van der Waals surface area (Å²) in [4.78, 5) is 46.4. The Bertz CT molecular complexity index is 700. The molecule has 0 unspecified atom stereocenters. The van der Waals surface area contributed by atoms with Crippen molar-refractivity contribution in [2.24, 2.45) is 0 Å². The van der Waals surface area contributed by atoms with Crippen molar-refractivity contribution in [3.8, 4) is 0 Å². The van der Waals surface area contributed by atoms with Gasteiger partial charge in [0.1, 0.15) is 11.6 Å². The number of Topliss-reactive ketones (excluding diaryl/α,β-unsaturated/α-hetero) is 2. The quantitative estimate of drug-likeness (QED) is 0.289. The van der Waals surface area contributed by atoms with Crippen molar-refractivity contribution < 1.29 is 23.9 Å². The highest BCUT2D eigenvalue weighted by Crippen LogP contribution is 2.12. The molecule has 1 rings (SSSR count). The predicted molar refractivity (Wildman–Crippen MR) is 121 cm³/mol. The molecule has 172 valence electrons. The van der Waals surface area contributed by atoms with E-state index in [1.54, 1.807) is 19.2 Å². The van der Waals surface area contributed by atoms with E-state index in [4.69, 9.17) is 4.74 Å². The molecule has 7 heteroatoms. The molecule has 0 aliphatic heterocycles. The van der Waals surface area contributed by atoms with Gasteiger partial charge >= 0.3 is 0 Å². The van der Waals surface area contributed by atoms with E-state index in [1.165, 1.54) is 6.92 Å². The highest BCUT2D eigenvalue weighted by atomic mass is 16.5. The first-order valence-corrected chi connectivity index (χ1v) is 11.1. The molecular weight excluding hydrogens is 396 g/mol. The maximum absolute atomic E-state index is 12.1. The van der Waals surface area contributed by atoms with E-state index in [-0.39, 0.29) is 36.2 Å². The topological polar surface area (TPSA) is 102 Å². The molecule has 2 N–H and O–H groups in total. The van der Waals surface area contributed by atoms with Crippen LogP contribution in [0.15, 0.2) is 24.3 Å². The maximum atomic E-state index is 12.1. The van der Waals surface area contributed by atoms with Crippen LogP contribution in [0.5, 0.6) is 0 Å². The number of methoxy groups -OCH3 is 1. The summed E-state index contributed by atoms with van der Waals surface area (Å²) in [5.41, 5.74) is 1.66. The molecule has 31 heavy (non-hydrogen) atoms. The summed E-state index contributed by atoms with van der Waals surface area (Å²) in [5, 5.41) is 5.71. The second-order valence-corrected chi connectivity index (χ2v) is 7.77. The van der Waals surface area contributed by atoms with Gasteiger partial charge in [-0.1, -0.05) is 25.0 Å². The summed E-state index contributed by atoms with van der Waals surface area (Å²) in [6.45, 7) is 2.86. The standard InChI is InChI=1S/C24H36N2O5/c1-19(27)18-22(28)15-12-20-10-13-21(14-11-20)26-24(30)9-7-8-23(29)25-16-5-3-4-6-17-31-2/h10-11,13-14H,3-9,12,15-18H2,1-2H3,(H,25,29)(H,26,30). The Morgan fingerprint density at radius 3 is 2.19 bits per heavy atom. The van der Waals surface area contributed by atoms with Crippen molar-refractivity contribution in [2.75, 3.05) is 25.6 Å². The van der Waals surface area contributed by atoms with Crippen LogP contribution in [0.4, 0.5) is 5.69 Å². The van der Waals surface area contributed by atoms with Crippen LogP contribution in [0, 0.1) is 0 Å². The van der Waals surface area contributed by atoms with E-state index in [9.17, 15) is 19.2 Å². The van der Waals surface area contributed by atoms with Crippen molar-refractivity contribution in [2.45, 2.75) is 71.1 Å². The SMILES string of the molecule is COCCCCCCNC(=O)CCCC(=O)Nc1ccc(CCC(=O)CC(C)=O)cc1. The number of hydrogen-bond donors (Lipinski definition) is 2. The molecule has 0 aliphatic carbocycles. The monoisotopic (exact) mass is 432 g/mol. The second-order valence-electron chi connectivity index (χ2n) is 7.77. The largest absolute Gasteiger partial charge is 0.385 e. The Hall–Kier alpha value is -2.54. The van der Waals surface area contributed by atoms with Crippen LogP contribution in [0.2, 0.25) is 0 Å². The molecule has 0 saturated carbocycles. The highest BCUT2D eigenvalue weighted by Gasteiger charge is 2.08. The van der Waals surface area contributed by atoms with Crippen LogP contribution in [-0.4, -0.2) is 43.6 Å². The minimum atomic E-state index is -0.129. The molecule has 0 aromatic heterocycles. The number of carbonyl (C=O) groups excluding carboxylic acids is 4. The third kappa shape index (κ3) is 14.2. The summed E-state index contributed by atoms with van der Waals surface area (Å²) in [5.74, 6) is -0.325. The Kier molecular flexibility index (Phi) is 13.8. The maximum Gasteiger partial charge on any atom is 0.224 e. The van der Waals surface area contributed by atoms with Crippen molar-refractivity contribution in [1.29, 1.82) is 0 Å². The minimum absolute atomic E-state index is 0.0129. The van der Waals surface area contributed by atoms with Crippen molar-refractivity contribution >= 4 is 29.1 Å². The van der Waals surface area contributed by atoms with Gasteiger partial charge in [0.25, 0.3) is 0 Å². The number of rotatable bonds is 17. The molecule has 0 bridgehead atoms.